The Kier molecular flexibility index (Phi) is 4.69. The van der Waals surface area contributed by atoms with Crippen LogP contribution in [0.3, 0.4) is 0 Å². The normalized spacial score (nSPS) is 42.0. The quantitative estimate of drug-likeness (QED) is 0.678. The molecule has 3 rings (SSSR count). The molecule has 4 heteroatoms. The molecule has 2 saturated heterocycles. The second-order valence-corrected chi connectivity index (χ2v) is 10.3. The van der Waals surface area contributed by atoms with Gasteiger partial charge in [-0.2, -0.15) is 47.0 Å². The standard InChI is InChI=1S/C12H20S4/c1-2-9(13-5-11-7-15-11)4-10(3-1)14-6-12-8-16-12/h9-12H,1-8H2. The molecule has 4 unspecified atom stereocenters. The van der Waals surface area contributed by atoms with E-state index < -0.39 is 0 Å². The van der Waals surface area contributed by atoms with Gasteiger partial charge in [-0.3, -0.25) is 0 Å². The summed E-state index contributed by atoms with van der Waals surface area (Å²) < 4.78 is 0. The van der Waals surface area contributed by atoms with Crippen LogP contribution in [-0.4, -0.2) is 44.0 Å². The van der Waals surface area contributed by atoms with E-state index in [2.05, 4.69) is 47.0 Å². The lowest BCUT2D eigenvalue weighted by Crippen LogP contribution is -2.20. The summed E-state index contributed by atoms with van der Waals surface area (Å²) >= 11 is 8.87. The van der Waals surface area contributed by atoms with Gasteiger partial charge in [0.05, 0.1) is 0 Å². The predicted molar refractivity (Wildman–Crippen MR) is 83.5 cm³/mol. The van der Waals surface area contributed by atoms with Crippen LogP contribution in [0.4, 0.5) is 0 Å². The third kappa shape index (κ3) is 4.25. The van der Waals surface area contributed by atoms with Gasteiger partial charge in [0.1, 0.15) is 0 Å². The van der Waals surface area contributed by atoms with Gasteiger partial charge in [-0.25, -0.2) is 0 Å². The molecule has 0 radical (unpaired) electrons. The SMILES string of the molecule is C1CC(SCC2CS2)CC(SCC2CS2)C1. The molecule has 0 aromatic carbocycles. The van der Waals surface area contributed by atoms with Gasteiger partial charge in [-0.1, -0.05) is 6.42 Å². The molecule has 0 aromatic heterocycles. The molecule has 0 nitrogen and oxygen atoms in total. The van der Waals surface area contributed by atoms with Crippen LogP contribution < -0.4 is 0 Å². The summed E-state index contributed by atoms with van der Waals surface area (Å²) in [6.07, 6.45) is 5.99. The van der Waals surface area contributed by atoms with E-state index in [9.17, 15) is 0 Å². The van der Waals surface area contributed by atoms with Crippen LogP contribution in [0.15, 0.2) is 0 Å². The highest BCUT2D eigenvalue weighted by Gasteiger charge is 2.29. The summed E-state index contributed by atoms with van der Waals surface area (Å²) in [5.74, 6) is 5.75. The molecule has 4 atom stereocenters. The Hall–Kier alpha value is 1.40. The average Bonchev–Trinajstić information content (AvgIpc) is 3.17. The minimum absolute atomic E-state index is 0.999. The molecule has 3 aliphatic rings. The molecule has 0 N–H and O–H groups in total. The second kappa shape index (κ2) is 6.03. The van der Waals surface area contributed by atoms with E-state index in [0.717, 1.165) is 21.0 Å². The average molecular weight is 293 g/mol. The molecule has 1 aliphatic carbocycles. The van der Waals surface area contributed by atoms with E-state index in [1.54, 1.807) is 0 Å². The number of thioether (sulfide) groups is 4. The topological polar surface area (TPSA) is 0 Å². The van der Waals surface area contributed by atoms with Crippen molar-refractivity contribution in [2.75, 3.05) is 23.0 Å². The van der Waals surface area contributed by atoms with Gasteiger partial charge >= 0.3 is 0 Å². The van der Waals surface area contributed by atoms with Crippen molar-refractivity contribution >= 4 is 47.0 Å². The first-order valence-corrected chi connectivity index (χ1v) is 10.6. The van der Waals surface area contributed by atoms with Crippen molar-refractivity contribution in [3.63, 3.8) is 0 Å². The smallest absolute Gasteiger partial charge is 0.0229 e. The minimum Gasteiger partial charge on any atom is -0.157 e. The number of rotatable bonds is 6. The van der Waals surface area contributed by atoms with Gasteiger partial charge in [-0.05, 0) is 19.3 Å². The summed E-state index contributed by atoms with van der Waals surface area (Å²) in [7, 11) is 0. The zero-order chi connectivity index (χ0) is 10.8. The summed E-state index contributed by atoms with van der Waals surface area (Å²) in [6.45, 7) is 0. The van der Waals surface area contributed by atoms with Crippen LogP contribution in [0.2, 0.25) is 0 Å². The third-order valence-electron chi connectivity index (χ3n) is 3.42. The summed E-state index contributed by atoms with van der Waals surface area (Å²) in [5.41, 5.74) is 0. The lowest BCUT2D eigenvalue weighted by atomic mass is 10.00. The monoisotopic (exact) mass is 292 g/mol. The maximum atomic E-state index is 2.28. The van der Waals surface area contributed by atoms with Crippen LogP contribution in [0.5, 0.6) is 0 Å². The Balaban J connectivity index is 1.34. The van der Waals surface area contributed by atoms with Gasteiger partial charge in [0.15, 0.2) is 0 Å². The van der Waals surface area contributed by atoms with Crippen molar-refractivity contribution in [1.82, 2.24) is 0 Å². The first-order valence-electron chi connectivity index (χ1n) is 6.36. The van der Waals surface area contributed by atoms with Crippen molar-refractivity contribution in [1.29, 1.82) is 0 Å². The lowest BCUT2D eigenvalue weighted by molar-refractivity contribution is 0.528. The molecule has 2 aliphatic heterocycles. The van der Waals surface area contributed by atoms with Gasteiger partial charge in [-0.15, -0.1) is 0 Å². The Morgan fingerprint density at radius 1 is 0.875 bits per heavy atom. The minimum atomic E-state index is 0.999. The van der Waals surface area contributed by atoms with E-state index >= 15 is 0 Å². The van der Waals surface area contributed by atoms with E-state index in [-0.39, 0.29) is 0 Å². The zero-order valence-corrected chi connectivity index (χ0v) is 12.9. The van der Waals surface area contributed by atoms with Crippen LogP contribution in [0.25, 0.3) is 0 Å². The van der Waals surface area contributed by atoms with E-state index in [0.29, 0.717) is 0 Å². The molecule has 2 heterocycles. The van der Waals surface area contributed by atoms with Gasteiger partial charge < -0.3 is 0 Å². The maximum Gasteiger partial charge on any atom is 0.0229 e. The van der Waals surface area contributed by atoms with Crippen LogP contribution in [0, 0.1) is 0 Å². The van der Waals surface area contributed by atoms with Gasteiger partial charge in [0.25, 0.3) is 0 Å². The Morgan fingerprint density at radius 3 is 1.81 bits per heavy atom. The van der Waals surface area contributed by atoms with Gasteiger partial charge in [0, 0.05) is 44.0 Å². The highest BCUT2D eigenvalue weighted by molar-refractivity contribution is 8.09. The van der Waals surface area contributed by atoms with Crippen molar-refractivity contribution in [3.8, 4) is 0 Å². The maximum absolute atomic E-state index is 2.28. The lowest BCUT2D eigenvalue weighted by Gasteiger charge is -2.28. The fourth-order valence-electron chi connectivity index (χ4n) is 2.22. The molecule has 3 fully saturated rings. The van der Waals surface area contributed by atoms with Crippen LogP contribution in [-0.2, 0) is 0 Å². The van der Waals surface area contributed by atoms with Gasteiger partial charge in [0.2, 0.25) is 0 Å². The van der Waals surface area contributed by atoms with Crippen LogP contribution >= 0.6 is 47.0 Å². The first-order chi connectivity index (χ1) is 7.90. The fourth-order valence-corrected chi connectivity index (χ4v) is 7.00. The van der Waals surface area contributed by atoms with E-state index in [4.69, 9.17) is 0 Å². The van der Waals surface area contributed by atoms with Crippen LogP contribution in [0.1, 0.15) is 25.7 Å². The number of hydrogen-bond donors (Lipinski definition) is 0. The van der Waals surface area contributed by atoms with E-state index in [1.807, 2.05) is 0 Å². The molecular weight excluding hydrogens is 272 g/mol. The first kappa shape index (κ1) is 12.4. The number of hydrogen-bond acceptors (Lipinski definition) is 4. The van der Waals surface area contributed by atoms with Crippen molar-refractivity contribution in [2.24, 2.45) is 0 Å². The molecule has 0 bridgehead atoms. The molecule has 16 heavy (non-hydrogen) atoms. The Labute approximate surface area is 116 Å². The highest BCUT2D eigenvalue weighted by atomic mass is 32.2. The van der Waals surface area contributed by atoms with Crippen molar-refractivity contribution in [2.45, 2.75) is 46.7 Å². The third-order valence-corrected chi connectivity index (χ3v) is 8.77. The Morgan fingerprint density at radius 2 is 1.38 bits per heavy atom. The van der Waals surface area contributed by atoms with E-state index in [1.165, 1.54) is 48.7 Å². The predicted octanol–water partition coefficient (Wildman–Crippen LogP) is 3.99. The molecule has 1 saturated carbocycles. The van der Waals surface area contributed by atoms with Crippen molar-refractivity contribution < 1.29 is 0 Å². The van der Waals surface area contributed by atoms with Crippen molar-refractivity contribution in [3.05, 3.63) is 0 Å². The zero-order valence-electron chi connectivity index (χ0n) is 9.60. The Bertz CT molecular complexity index is 203. The second-order valence-electron chi connectivity index (χ2n) is 4.99. The largest absolute Gasteiger partial charge is 0.157 e. The molecule has 0 aromatic rings. The molecule has 0 spiro atoms. The molecule has 0 amide bonds. The summed E-state index contributed by atoms with van der Waals surface area (Å²) in [6, 6.07) is 0. The molecule has 92 valence electrons. The fraction of sp³-hybridized carbons (Fsp3) is 1.00. The highest BCUT2D eigenvalue weighted by Crippen LogP contribution is 2.41. The summed E-state index contributed by atoms with van der Waals surface area (Å²) in [5, 5.41) is 4.06. The molecular formula is C12H20S4. The summed E-state index contributed by atoms with van der Waals surface area (Å²) in [4.78, 5) is 0.